The fourth-order valence-corrected chi connectivity index (χ4v) is 4.14. The van der Waals surface area contributed by atoms with Gasteiger partial charge in [-0.3, -0.25) is 0 Å². The zero-order valence-electron chi connectivity index (χ0n) is 13.4. The fourth-order valence-electron chi connectivity index (χ4n) is 2.40. The fraction of sp³-hybridized carbons (Fsp3) is 0.125. The zero-order valence-corrected chi connectivity index (χ0v) is 15.8. The highest BCUT2D eigenvalue weighted by Crippen LogP contribution is 2.28. The summed E-state index contributed by atoms with van der Waals surface area (Å²) < 4.78 is 45.9. The molecule has 3 rings (SSSR count). The second-order valence-electron chi connectivity index (χ2n) is 5.26. The van der Waals surface area contributed by atoms with Gasteiger partial charge in [-0.15, -0.1) is 0 Å². The van der Waals surface area contributed by atoms with Crippen molar-refractivity contribution in [2.75, 3.05) is 7.05 Å². The molecule has 0 aliphatic rings. The van der Waals surface area contributed by atoms with Crippen LogP contribution in [0, 0.1) is 5.82 Å². The van der Waals surface area contributed by atoms with Crippen LogP contribution in [-0.2, 0) is 21.4 Å². The predicted octanol–water partition coefficient (Wildman–Crippen LogP) is 3.03. The second kappa shape index (κ2) is 7.04. The van der Waals surface area contributed by atoms with Crippen molar-refractivity contribution in [2.24, 2.45) is 0 Å². The number of amides is 1. The first-order valence-corrected chi connectivity index (χ1v) is 9.57. The highest BCUT2D eigenvalue weighted by molar-refractivity contribution is 9.10. The zero-order chi connectivity index (χ0) is 18.9. The van der Waals surface area contributed by atoms with Crippen molar-refractivity contribution in [3.05, 3.63) is 58.7 Å². The summed E-state index contributed by atoms with van der Waals surface area (Å²) in [7, 11) is -2.64. The molecule has 0 unspecified atom stereocenters. The Morgan fingerprint density at radius 2 is 2.15 bits per heavy atom. The molecule has 0 bridgehead atoms. The lowest BCUT2D eigenvalue weighted by atomic mass is 10.2. The molecule has 0 saturated carbocycles. The molecule has 0 atom stereocenters. The first kappa shape index (κ1) is 18.3. The molecule has 0 aliphatic carbocycles. The largest absolute Gasteiger partial charge is 0.445 e. The number of halogens is 2. The van der Waals surface area contributed by atoms with Crippen LogP contribution in [0.25, 0.3) is 10.9 Å². The van der Waals surface area contributed by atoms with Gasteiger partial charge >= 0.3 is 6.09 Å². The smallest absolute Gasteiger partial charge is 0.407 e. The lowest BCUT2D eigenvalue weighted by Gasteiger charge is -2.07. The van der Waals surface area contributed by atoms with Crippen molar-refractivity contribution < 1.29 is 22.3 Å². The molecule has 0 radical (unpaired) electrons. The van der Waals surface area contributed by atoms with E-state index >= 15 is 0 Å². The predicted molar refractivity (Wildman–Crippen MR) is 95.7 cm³/mol. The summed E-state index contributed by atoms with van der Waals surface area (Å²) >= 11 is 3.21. The van der Waals surface area contributed by atoms with Gasteiger partial charge in [0, 0.05) is 30.4 Å². The minimum Gasteiger partial charge on any atom is -0.445 e. The van der Waals surface area contributed by atoms with Gasteiger partial charge < -0.3 is 10.1 Å². The van der Waals surface area contributed by atoms with Crippen molar-refractivity contribution >= 4 is 42.9 Å². The Balaban J connectivity index is 2.16. The first-order chi connectivity index (χ1) is 12.3. The molecule has 1 N–H and O–H groups in total. The van der Waals surface area contributed by atoms with Gasteiger partial charge in [-0.1, -0.05) is 6.07 Å². The topological polar surface area (TPSA) is 90.3 Å². The second-order valence-corrected chi connectivity index (χ2v) is 7.89. The van der Waals surface area contributed by atoms with E-state index in [-0.39, 0.29) is 11.5 Å². The average Bonchev–Trinajstić information content (AvgIpc) is 2.98. The maximum atomic E-state index is 13.5. The van der Waals surface area contributed by atoms with Crippen LogP contribution in [0.5, 0.6) is 0 Å². The molecule has 0 aliphatic heterocycles. The molecule has 0 fully saturated rings. The number of carbonyl (C=O) groups is 1. The summed E-state index contributed by atoms with van der Waals surface area (Å²) in [6, 6.07) is 6.26. The van der Waals surface area contributed by atoms with Crippen LogP contribution >= 0.6 is 15.9 Å². The molecule has 7 nitrogen and oxygen atoms in total. The van der Waals surface area contributed by atoms with E-state index in [0.29, 0.717) is 21.1 Å². The van der Waals surface area contributed by atoms with Crippen molar-refractivity contribution in [1.82, 2.24) is 14.3 Å². The Hall–Kier alpha value is -2.46. The third kappa shape index (κ3) is 3.42. The molecule has 0 spiro atoms. The van der Waals surface area contributed by atoms with E-state index in [0.717, 1.165) is 16.1 Å². The third-order valence-electron chi connectivity index (χ3n) is 3.62. The van der Waals surface area contributed by atoms with Crippen LogP contribution in [-0.4, -0.2) is 30.5 Å². The van der Waals surface area contributed by atoms with Gasteiger partial charge in [0.2, 0.25) is 0 Å². The Kier molecular flexibility index (Phi) is 4.97. The van der Waals surface area contributed by atoms with Crippen LogP contribution in [0.15, 0.2) is 52.2 Å². The molecule has 3 aromatic rings. The first-order valence-electron chi connectivity index (χ1n) is 7.34. The Labute approximate surface area is 157 Å². The van der Waals surface area contributed by atoms with Gasteiger partial charge in [0.1, 0.15) is 17.0 Å². The number of hydrogen-bond acceptors (Lipinski definition) is 5. The molecule has 2 aromatic heterocycles. The van der Waals surface area contributed by atoms with E-state index in [1.54, 1.807) is 0 Å². The molecule has 0 saturated heterocycles. The van der Waals surface area contributed by atoms with Crippen LogP contribution in [0.4, 0.5) is 9.18 Å². The van der Waals surface area contributed by atoms with E-state index in [1.807, 2.05) is 0 Å². The van der Waals surface area contributed by atoms with Crippen LogP contribution in [0.2, 0.25) is 0 Å². The number of rotatable bonds is 4. The van der Waals surface area contributed by atoms with Gasteiger partial charge in [0.05, 0.1) is 10.4 Å². The molecular weight excluding hydrogens is 429 g/mol. The monoisotopic (exact) mass is 441 g/mol. The van der Waals surface area contributed by atoms with E-state index in [1.165, 1.54) is 37.6 Å². The Morgan fingerprint density at radius 1 is 1.38 bits per heavy atom. The number of ether oxygens (including phenoxy) is 1. The van der Waals surface area contributed by atoms with E-state index < -0.39 is 21.9 Å². The number of nitrogens with one attached hydrogen (secondary N) is 1. The summed E-state index contributed by atoms with van der Waals surface area (Å²) in [5.41, 5.74) is 0.773. The van der Waals surface area contributed by atoms with E-state index in [4.69, 9.17) is 4.74 Å². The maximum Gasteiger partial charge on any atom is 0.407 e. The number of benzene rings is 1. The Bertz CT molecular complexity index is 1100. The van der Waals surface area contributed by atoms with Gasteiger partial charge in [0.25, 0.3) is 10.0 Å². The number of alkyl carbamates (subject to hydrolysis) is 1. The molecule has 10 heteroatoms. The van der Waals surface area contributed by atoms with E-state index in [9.17, 15) is 17.6 Å². The number of carbonyl (C=O) groups excluding carboxylic acids is 1. The van der Waals surface area contributed by atoms with Crippen molar-refractivity contribution in [2.45, 2.75) is 11.5 Å². The minimum atomic E-state index is -4.06. The number of aromatic nitrogens is 2. The molecular formula is C16H13BrFN3O4S. The lowest BCUT2D eigenvalue weighted by Crippen LogP contribution is -2.18. The summed E-state index contributed by atoms with van der Waals surface area (Å²) in [6.45, 7) is -0.148. The van der Waals surface area contributed by atoms with Gasteiger partial charge in [-0.25, -0.2) is 26.6 Å². The van der Waals surface area contributed by atoms with Gasteiger partial charge in [-0.05, 0) is 40.2 Å². The summed E-state index contributed by atoms with van der Waals surface area (Å²) in [5.74, 6) is -0.659. The average molecular weight is 442 g/mol. The molecule has 26 heavy (non-hydrogen) atoms. The van der Waals surface area contributed by atoms with Crippen LogP contribution < -0.4 is 5.32 Å². The lowest BCUT2D eigenvalue weighted by molar-refractivity contribution is 0.142. The highest BCUT2D eigenvalue weighted by Gasteiger charge is 2.22. The van der Waals surface area contributed by atoms with E-state index in [2.05, 4.69) is 26.2 Å². The summed E-state index contributed by atoms with van der Waals surface area (Å²) in [6.07, 6.45) is 2.16. The molecule has 1 amide bonds. The quantitative estimate of drug-likeness (QED) is 0.628. The van der Waals surface area contributed by atoms with Crippen LogP contribution in [0.3, 0.4) is 0 Å². The van der Waals surface area contributed by atoms with Crippen LogP contribution in [0.1, 0.15) is 5.56 Å². The number of fused-ring (bicyclic) bond motifs is 1. The number of hydrogen-bond donors (Lipinski definition) is 1. The summed E-state index contributed by atoms with van der Waals surface area (Å²) in [4.78, 5) is 15.2. The SMILES string of the molecule is CNC(=O)OCc1cn(S(=O)(=O)c2cccc(F)c2)c2cc(Br)ncc12. The van der Waals surface area contributed by atoms with Crippen molar-refractivity contribution in [3.63, 3.8) is 0 Å². The number of pyridine rings is 1. The minimum absolute atomic E-state index is 0.148. The van der Waals surface area contributed by atoms with Gasteiger partial charge in [0.15, 0.2) is 0 Å². The molecule has 2 heterocycles. The molecule has 136 valence electrons. The van der Waals surface area contributed by atoms with Crippen molar-refractivity contribution in [1.29, 1.82) is 0 Å². The number of nitrogens with zero attached hydrogens (tertiary/aromatic N) is 2. The Morgan fingerprint density at radius 3 is 2.85 bits per heavy atom. The molecule has 1 aromatic carbocycles. The summed E-state index contributed by atoms with van der Waals surface area (Å²) in [5, 5.41) is 2.81. The van der Waals surface area contributed by atoms with Gasteiger partial charge in [-0.2, -0.15) is 0 Å². The van der Waals surface area contributed by atoms with Crippen molar-refractivity contribution in [3.8, 4) is 0 Å². The highest BCUT2D eigenvalue weighted by atomic mass is 79.9. The third-order valence-corrected chi connectivity index (χ3v) is 5.72. The standard InChI is InChI=1S/C16H13BrFN3O4S/c1-19-16(22)25-9-10-8-21(14-6-15(17)20-7-13(10)14)26(23,24)12-4-2-3-11(18)5-12/h2-8H,9H2,1H3,(H,19,22). The normalized spacial score (nSPS) is 11.5. The maximum absolute atomic E-state index is 13.5.